The van der Waals surface area contributed by atoms with Crippen molar-refractivity contribution < 1.29 is 18.7 Å². The van der Waals surface area contributed by atoms with Crippen LogP contribution in [0.5, 0.6) is 0 Å². The van der Waals surface area contributed by atoms with Crippen molar-refractivity contribution in [2.45, 2.75) is 31.6 Å². The quantitative estimate of drug-likeness (QED) is 0.845. The van der Waals surface area contributed by atoms with E-state index in [1.165, 1.54) is 12.1 Å². The summed E-state index contributed by atoms with van der Waals surface area (Å²) in [6.45, 7) is 5.26. The standard InChI is InChI=1S/C18H25FN2O3/c1-14(15-3-5-16(19)6-4-15)20(2)17(22)13-21-9-7-18(8-10-21)23-11-12-24-18/h3-6,14H,7-13H2,1-2H3. The lowest BCUT2D eigenvalue weighted by atomic mass is 10.0. The number of carbonyl (C=O) groups excluding carboxylic acids is 1. The predicted octanol–water partition coefficient (Wildman–Crippen LogP) is 2.18. The van der Waals surface area contributed by atoms with Gasteiger partial charge in [-0.3, -0.25) is 9.69 Å². The van der Waals surface area contributed by atoms with Gasteiger partial charge in [0.2, 0.25) is 5.91 Å². The lowest BCUT2D eigenvalue weighted by Crippen LogP contribution is -2.48. The number of likely N-dealkylation sites (N-methyl/N-ethyl adjacent to an activating group) is 1. The molecule has 2 aliphatic heterocycles. The second-order valence-electron chi connectivity index (χ2n) is 6.62. The molecule has 0 aromatic heterocycles. The van der Waals surface area contributed by atoms with E-state index in [1.807, 2.05) is 6.92 Å². The Hall–Kier alpha value is -1.50. The third-order valence-electron chi connectivity index (χ3n) is 5.12. The van der Waals surface area contributed by atoms with Crippen LogP contribution in [-0.2, 0) is 14.3 Å². The highest BCUT2D eigenvalue weighted by Crippen LogP contribution is 2.31. The number of hydrogen-bond acceptors (Lipinski definition) is 4. The topological polar surface area (TPSA) is 42.0 Å². The Labute approximate surface area is 142 Å². The van der Waals surface area contributed by atoms with Gasteiger partial charge in [0.1, 0.15) is 5.82 Å². The van der Waals surface area contributed by atoms with Gasteiger partial charge in [0.15, 0.2) is 5.79 Å². The van der Waals surface area contributed by atoms with Crippen molar-refractivity contribution in [2.75, 3.05) is 39.9 Å². The zero-order chi connectivity index (χ0) is 17.2. The molecule has 1 unspecified atom stereocenters. The number of benzene rings is 1. The van der Waals surface area contributed by atoms with Gasteiger partial charge in [0.05, 0.1) is 25.8 Å². The smallest absolute Gasteiger partial charge is 0.236 e. The zero-order valence-corrected chi connectivity index (χ0v) is 14.3. The van der Waals surface area contributed by atoms with Crippen molar-refractivity contribution in [2.24, 2.45) is 0 Å². The third kappa shape index (κ3) is 3.77. The maximum atomic E-state index is 13.0. The highest BCUT2D eigenvalue weighted by Gasteiger charge is 2.40. The van der Waals surface area contributed by atoms with Gasteiger partial charge in [-0.05, 0) is 24.6 Å². The normalized spacial score (nSPS) is 21.8. The summed E-state index contributed by atoms with van der Waals surface area (Å²) in [5.74, 6) is -0.609. The molecule has 1 amide bonds. The Morgan fingerprint density at radius 1 is 1.25 bits per heavy atom. The second kappa shape index (κ2) is 7.17. The van der Waals surface area contributed by atoms with Crippen molar-refractivity contribution >= 4 is 5.91 Å². The highest BCUT2D eigenvalue weighted by atomic mass is 19.1. The molecule has 0 radical (unpaired) electrons. The summed E-state index contributed by atoms with van der Waals surface area (Å²) < 4.78 is 24.5. The molecule has 24 heavy (non-hydrogen) atoms. The number of hydrogen-bond donors (Lipinski definition) is 0. The van der Waals surface area contributed by atoms with E-state index in [-0.39, 0.29) is 17.8 Å². The molecule has 0 aliphatic carbocycles. The van der Waals surface area contributed by atoms with Crippen molar-refractivity contribution in [3.63, 3.8) is 0 Å². The van der Waals surface area contributed by atoms with Crippen LogP contribution < -0.4 is 0 Å². The van der Waals surface area contributed by atoms with E-state index in [0.29, 0.717) is 19.8 Å². The van der Waals surface area contributed by atoms with Gasteiger partial charge >= 0.3 is 0 Å². The van der Waals surface area contributed by atoms with Crippen molar-refractivity contribution in [1.29, 1.82) is 0 Å². The molecule has 1 spiro atoms. The number of carbonyl (C=O) groups is 1. The molecule has 1 aromatic carbocycles. The van der Waals surface area contributed by atoms with Gasteiger partial charge < -0.3 is 14.4 Å². The maximum absolute atomic E-state index is 13.0. The molecule has 3 rings (SSSR count). The van der Waals surface area contributed by atoms with Crippen LogP contribution in [0.25, 0.3) is 0 Å². The number of halogens is 1. The highest BCUT2D eigenvalue weighted by molar-refractivity contribution is 5.78. The minimum Gasteiger partial charge on any atom is -0.347 e. The molecule has 2 aliphatic rings. The maximum Gasteiger partial charge on any atom is 0.236 e. The molecule has 0 saturated carbocycles. The Kier molecular flexibility index (Phi) is 5.18. The summed E-state index contributed by atoms with van der Waals surface area (Å²) in [6.07, 6.45) is 1.61. The fraction of sp³-hybridized carbons (Fsp3) is 0.611. The van der Waals surface area contributed by atoms with E-state index < -0.39 is 5.79 Å². The number of nitrogens with zero attached hydrogens (tertiary/aromatic N) is 2. The molecular formula is C18H25FN2O3. The average molecular weight is 336 g/mol. The minimum absolute atomic E-state index is 0.0658. The average Bonchev–Trinajstić information content (AvgIpc) is 3.05. The van der Waals surface area contributed by atoms with E-state index in [4.69, 9.17) is 9.47 Å². The monoisotopic (exact) mass is 336 g/mol. The van der Waals surface area contributed by atoms with Crippen LogP contribution in [0.3, 0.4) is 0 Å². The van der Waals surface area contributed by atoms with Gasteiger partial charge in [0.25, 0.3) is 0 Å². The van der Waals surface area contributed by atoms with Crippen LogP contribution in [-0.4, -0.2) is 61.4 Å². The van der Waals surface area contributed by atoms with Crippen molar-refractivity contribution in [3.05, 3.63) is 35.6 Å². The van der Waals surface area contributed by atoms with Gasteiger partial charge in [-0.15, -0.1) is 0 Å². The molecule has 2 fully saturated rings. The molecule has 2 heterocycles. The molecule has 132 valence electrons. The minimum atomic E-state index is -0.410. The first kappa shape index (κ1) is 17.3. The fourth-order valence-corrected chi connectivity index (χ4v) is 3.32. The summed E-state index contributed by atoms with van der Waals surface area (Å²) in [4.78, 5) is 16.4. The zero-order valence-electron chi connectivity index (χ0n) is 14.3. The third-order valence-corrected chi connectivity index (χ3v) is 5.12. The molecule has 5 nitrogen and oxygen atoms in total. The van der Waals surface area contributed by atoms with Crippen molar-refractivity contribution in [1.82, 2.24) is 9.80 Å². The number of ether oxygens (including phenoxy) is 2. The SMILES string of the molecule is CC(c1ccc(F)cc1)N(C)C(=O)CN1CCC2(CC1)OCCO2. The van der Waals surface area contributed by atoms with Crippen LogP contribution in [0.15, 0.2) is 24.3 Å². The summed E-state index contributed by atoms with van der Waals surface area (Å²) in [5, 5.41) is 0. The van der Waals surface area contributed by atoms with Gasteiger partial charge in [0, 0.05) is 33.0 Å². The number of rotatable bonds is 4. The predicted molar refractivity (Wildman–Crippen MR) is 87.9 cm³/mol. The summed E-state index contributed by atoms with van der Waals surface area (Å²) in [6, 6.07) is 6.22. The van der Waals surface area contributed by atoms with Gasteiger partial charge in [-0.1, -0.05) is 12.1 Å². The first-order chi connectivity index (χ1) is 11.5. The number of amides is 1. The largest absolute Gasteiger partial charge is 0.347 e. The van der Waals surface area contributed by atoms with E-state index in [0.717, 1.165) is 31.5 Å². The Balaban J connectivity index is 1.52. The summed E-state index contributed by atoms with van der Waals surface area (Å²) in [7, 11) is 1.80. The van der Waals surface area contributed by atoms with Gasteiger partial charge in [-0.2, -0.15) is 0 Å². The van der Waals surface area contributed by atoms with Crippen LogP contribution in [0, 0.1) is 5.82 Å². The summed E-state index contributed by atoms with van der Waals surface area (Å²) >= 11 is 0. The van der Waals surface area contributed by atoms with Gasteiger partial charge in [-0.25, -0.2) is 4.39 Å². The summed E-state index contributed by atoms with van der Waals surface area (Å²) in [5.41, 5.74) is 0.928. The Morgan fingerprint density at radius 3 is 2.42 bits per heavy atom. The lowest BCUT2D eigenvalue weighted by Gasteiger charge is -2.38. The second-order valence-corrected chi connectivity index (χ2v) is 6.62. The van der Waals surface area contributed by atoms with Crippen LogP contribution in [0.2, 0.25) is 0 Å². The molecule has 6 heteroatoms. The van der Waals surface area contributed by atoms with E-state index in [9.17, 15) is 9.18 Å². The van der Waals surface area contributed by atoms with E-state index in [1.54, 1.807) is 24.1 Å². The Morgan fingerprint density at radius 2 is 1.83 bits per heavy atom. The van der Waals surface area contributed by atoms with E-state index in [2.05, 4.69) is 4.90 Å². The first-order valence-electron chi connectivity index (χ1n) is 8.50. The van der Waals surface area contributed by atoms with E-state index >= 15 is 0 Å². The Bertz CT molecular complexity index is 562. The van der Waals surface area contributed by atoms with Crippen LogP contribution in [0.1, 0.15) is 31.4 Å². The fourth-order valence-electron chi connectivity index (χ4n) is 3.32. The first-order valence-corrected chi connectivity index (χ1v) is 8.50. The molecule has 2 saturated heterocycles. The molecule has 1 aromatic rings. The molecule has 1 atom stereocenters. The molecule has 0 N–H and O–H groups in total. The number of piperidine rings is 1. The number of likely N-dealkylation sites (tertiary alicyclic amines) is 1. The van der Waals surface area contributed by atoms with Crippen LogP contribution >= 0.6 is 0 Å². The molecular weight excluding hydrogens is 311 g/mol. The molecule has 0 bridgehead atoms. The lowest BCUT2D eigenvalue weighted by molar-refractivity contribution is -0.186. The van der Waals surface area contributed by atoms with Crippen LogP contribution in [0.4, 0.5) is 4.39 Å². The van der Waals surface area contributed by atoms with Crippen molar-refractivity contribution in [3.8, 4) is 0 Å².